The third kappa shape index (κ3) is 6.21. The average Bonchev–Trinajstić information content (AvgIpc) is 3.61. The van der Waals surface area contributed by atoms with Crippen molar-refractivity contribution in [2.75, 3.05) is 13.2 Å². The summed E-state index contributed by atoms with van der Waals surface area (Å²) in [6.07, 6.45) is 1.84. The number of alkyl carbamates (subject to hydrolysis) is 1. The van der Waals surface area contributed by atoms with Crippen molar-refractivity contribution in [1.29, 1.82) is 0 Å². The van der Waals surface area contributed by atoms with Gasteiger partial charge in [-0.2, -0.15) is 0 Å². The van der Waals surface area contributed by atoms with Crippen LogP contribution in [0.25, 0.3) is 11.1 Å². The van der Waals surface area contributed by atoms with Gasteiger partial charge in [-0.1, -0.05) is 62.4 Å². The van der Waals surface area contributed by atoms with Crippen LogP contribution in [0.3, 0.4) is 0 Å². The fourth-order valence-corrected chi connectivity index (χ4v) is 5.10. The Bertz CT molecular complexity index is 1030. The lowest BCUT2D eigenvalue weighted by atomic mass is 9.94. The fraction of sp³-hybridized carbons (Fsp3) is 0.464. The highest BCUT2D eigenvalue weighted by Crippen LogP contribution is 2.44. The molecule has 0 saturated heterocycles. The Labute approximate surface area is 206 Å². The monoisotopic (exact) mass is 478 g/mol. The van der Waals surface area contributed by atoms with Gasteiger partial charge in [0.05, 0.1) is 0 Å². The van der Waals surface area contributed by atoms with Crippen LogP contribution in [0.4, 0.5) is 4.79 Å². The molecule has 3 N–H and O–H groups in total. The number of rotatable bonds is 11. The number of fused-ring (bicyclic) bond motifs is 3. The zero-order chi connectivity index (χ0) is 24.9. The Hall–Kier alpha value is -3.35. The molecule has 2 aliphatic carbocycles. The third-order valence-electron chi connectivity index (χ3n) is 6.83. The number of carbonyl (C=O) groups is 3. The summed E-state index contributed by atoms with van der Waals surface area (Å²) in [7, 11) is 0. The minimum Gasteiger partial charge on any atom is -0.481 e. The minimum absolute atomic E-state index is 0.00631. The van der Waals surface area contributed by atoms with Crippen molar-refractivity contribution in [1.82, 2.24) is 10.6 Å². The van der Waals surface area contributed by atoms with E-state index in [1.165, 1.54) is 0 Å². The lowest BCUT2D eigenvalue weighted by Crippen LogP contribution is -2.49. The van der Waals surface area contributed by atoms with Crippen LogP contribution >= 0.6 is 0 Å². The second kappa shape index (κ2) is 10.9. The zero-order valence-electron chi connectivity index (χ0n) is 20.3. The number of ether oxygens (including phenoxy) is 1. The molecule has 0 heterocycles. The first-order valence-corrected chi connectivity index (χ1v) is 12.4. The maximum absolute atomic E-state index is 12.9. The highest BCUT2D eigenvalue weighted by molar-refractivity contribution is 5.86. The van der Waals surface area contributed by atoms with Gasteiger partial charge in [0, 0.05) is 18.9 Å². The van der Waals surface area contributed by atoms with Crippen molar-refractivity contribution >= 4 is 18.0 Å². The van der Waals surface area contributed by atoms with Gasteiger partial charge in [0.1, 0.15) is 12.6 Å². The molecule has 2 aliphatic rings. The molecule has 0 aliphatic heterocycles. The van der Waals surface area contributed by atoms with Crippen LogP contribution in [0.15, 0.2) is 48.5 Å². The second-order valence-electron chi connectivity index (χ2n) is 10.1. The first-order chi connectivity index (χ1) is 16.8. The molecule has 2 atom stereocenters. The van der Waals surface area contributed by atoms with Gasteiger partial charge in [-0.25, -0.2) is 4.79 Å². The van der Waals surface area contributed by atoms with E-state index < -0.39 is 18.1 Å². The quantitative estimate of drug-likeness (QED) is 0.439. The smallest absolute Gasteiger partial charge is 0.407 e. The number of carbonyl (C=O) groups excluding carboxylic acids is 2. The lowest BCUT2D eigenvalue weighted by molar-refractivity contribution is -0.138. The van der Waals surface area contributed by atoms with Crippen LogP contribution in [-0.2, 0) is 14.3 Å². The van der Waals surface area contributed by atoms with E-state index in [9.17, 15) is 19.5 Å². The van der Waals surface area contributed by atoms with E-state index in [2.05, 4.69) is 34.9 Å². The summed E-state index contributed by atoms with van der Waals surface area (Å²) in [4.78, 5) is 36.8. The number of benzene rings is 2. The van der Waals surface area contributed by atoms with E-state index in [0.29, 0.717) is 12.3 Å². The third-order valence-corrected chi connectivity index (χ3v) is 6.83. The van der Waals surface area contributed by atoms with Crippen LogP contribution in [0.1, 0.15) is 56.6 Å². The summed E-state index contributed by atoms with van der Waals surface area (Å²) in [5.41, 5.74) is 4.58. The van der Waals surface area contributed by atoms with E-state index in [4.69, 9.17) is 4.74 Å². The topological polar surface area (TPSA) is 105 Å². The fourth-order valence-electron chi connectivity index (χ4n) is 5.10. The molecule has 2 unspecified atom stereocenters. The van der Waals surface area contributed by atoms with Crippen molar-refractivity contribution in [3.63, 3.8) is 0 Å². The average molecular weight is 479 g/mol. The van der Waals surface area contributed by atoms with Crippen molar-refractivity contribution in [3.8, 4) is 11.1 Å². The van der Waals surface area contributed by atoms with E-state index in [1.54, 1.807) is 0 Å². The molecule has 186 valence electrons. The predicted octanol–water partition coefficient (Wildman–Crippen LogP) is 4.56. The number of amides is 2. The maximum Gasteiger partial charge on any atom is 0.407 e. The SMILES string of the molecule is CC(C)CC(CNC(=O)C(NC(=O)OCC1c2ccccc2-c2ccccc21)C1CC1)CC(=O)O. The van der Waals surface area contributed by atoms with E-state index >= 15 is 0 Å². The largest absolute Gasteiger partial charge is 0.481 e. The molecule has 1 fully saturated rings. The number of hydrogen-bond acceptors (Lipinski definition) is 4. The normalized spacial score (nSPS) is 16.2. The molecule has 4 rings (SSSR count). The lowest BCUT2D eigenvalue weighted by Gasteiger charge is -2.22. The van der Waals surface area contributed by atoms with Crippen LogP contribution < -0.4 is 10.6 Å². The van der Waals surface area contributed by atoms with E-state index in [-0.39, 0.29) is 43.2 Å². The summed E-state index contributed by atoms with van der Waals surface area (Å²) in [5, 5.41) is 14.8. The van der Waals surface area contributed by atoms with Gasteiger partial charge in [0.2, 0.25) is 5.91 Å². The van der Waals surface area contributed by atoms with Crippen molar-refractivity contribution < 1.29 is 24.2 Å². The van der Waals surface area contributed by atoms with Gasteiger partial charge in [-0.15, -0.1) is 0 Å². The molecular formula is C28H34N2O5. The zero-order valence-corrected chi connectivity index (χ0v) is 20.3. The van der Waals surface area contributed by atoms with Gasteiger partial charge in [-0.3, -0.25) is 9.59 Å². The molecule has 2 aromatic carbocycles. The summed E-state index contributed by atoms with van der Waals surface area (Å²) in [5.74, 6) is -0.937. The maximum atomic E-state index is 12.9. The Kier molecular flexibility index (Phi) is 7.73. The summed E-state index contributed by atoms with van der Waals surface area (Å²) in [6, 6.07) is 15.6. The molecule has 0 spiro atoms. The Morgan fingerprint density at radius 1 is 1.00 bits per heavy atom. The first kappa shape index (κ1) is 24.8. The second-order valence-corrected chi connectivity index (χ2v) is 10.1. The summed E-state index contributed by atoms with van der Waals surface area (Å²) >= 11 is 0. The highest BCUT2D eigenvalue weighted by atomic mass is 16.5. The van der Waals surface area contributed by atoms with Gasteiger partial charge in [0.15, 0.2) is 0 Å². The molecule has 2 amide bonds. The molecule has 0 bridgehead atoms. The van der Waals surface area contributed by atoms with Crippen LogP contribution in [0.5, 0.6) is 0 Å². The number of carboxylic acid groups (broad SMARTS) is 1. The van der Waals surface area contributed by atoms with Gasteiger partial charge in [-0.05, 0) is 59.3 Å². The molecule has 0 aromatic heterocycles. The first-order valence-electron chi connectivity index (χ1n) is 12.4. The minimum atomic E-state index is -0.875. The summed E-state index contributed by atoms with van der Waals surface area (Å²) in [6.45, 7) is 4.53. The molecule has 7 nitrogen and oxygen atoms in total. The van der Waals surface area contributed by atoms with Crippen LogP contribution in [0.2, 0.25) is 0 Å². The predicted molar refractivity (Wildman–Crippen MR) is 133 cm³/mol. The Balaban J connectivity index is 1.34. The number of hydrogen-bond donors (Lipinski definition) is 3. The van der Waals surface area contributed by atoms with Crippen molar-refractivity contribution in [3.05, 3.63) is 59.7 Å². The van der Waals surface area contributed by atoms with Crippen molar-refractivity contribution in [2.24, 2.45) is 17.8 Å². The molecule has 0 radical (unpaired) electrons. The highest BCUT2D eigenvalue weighted by Gasteiger charge is 2.38. The molecule has 35 heavy (non-hydrogen) atoms. The van der Waals surface area contributed by atoms with Crippen LogP contribution in [0, 0.1) is 17.8 Å². The Morgan fingerprint density at radius 2 is 1.60 bits per heavy atom. The molecule has 1 saturated carbocycles. The van der Waals surface area contributed by atoms with Crippen LogP contribution in [-0.4, -0.2) is 42.3 Å². The summed E-state index contributed by atoms with van der Waals surface area (Å²) < 4.78 is 5.62. The van der Waals surface area contributed by atoms with Gasteiger partial charge in [0.25, 0.3) is 0 Å². The number of aliphatic carboxylic acids is 1. The van der Waals surface area contributed by atoms with E-state index in [1.807, 2.05) is 38.1 Å². The molecule has 2 aromatic rings. The Morgan fingerprint density at radius 3 is 2.14 bits per heavy atom. The van der Waals surface area contributed by atoms with E-state index in [0.717, 1.165) is 35.1 Å². The molecular weight excluding hydrogens is 444 g/mol. The van der Waals surface area contributed by atoms with Gasteiger partial charge < -0.3 is 20.5 Å². The van der Waals surface area contributed by atoms with Gasteiger partial charge >= 0.3 is 12.1 Å². The van der Waals surface area contributed by atoms with Crippen molar-refractivity contribution in [2.45, 2.75) is 51.5 Å². The molecule has 7 heteroatoms. The number of carboxylic acids is 1. The standard InChI is InChI=1S/C28H34N2O5/c1-17(2)13-18(14-25(31)32)15-29-27(33)26(19-11-12-19)30-28(34)35-16-24-22-9-5-3-7-20(22)21-8-4-6-10-23(21)24/h3-10,17-19,24,26H,11-16H2,1-2H3,(H,29,33)(H,30,34)(H,31,32). The number of nitrogens with one attached hydrogen (secondary N) is 2.